The minimum Gasteiger partial charge on any atom is -0.389 e. The Bertz CT molecular complexity index is 436. The molecular weight excluding hydrogens is 230 g/mol. The zero-order chi connectivity index (χ0) is 13.2. The lowest BCUT2D eigenvalue weighted by molar-refractivity contribution is -0.133. The number of carbonyl (C=O) groups excluding carboxylic acids is 1. The van der Waals surface area contributed by atoms with E-state index < -0.39 is 11.7 Å². The van der Waals surface area contributed by atoms with Crippen LogP contribution in [-0.2, 0) is 9.53 Å². The Hall–Kier alpha value is -1.39. The smallest absolute Gasteiger partial charge is 0.256 e. The lowest BCUT2D eigenvalue weighted by Gasteiger charge is -2.22. The standard InChI is InChI=1S/C14H19NO3/c1-10(16)11-5-3-6-12(9-11)15-13(17)14(2)7-4-8-18-14/h3,5-6,9-10,16H,4,7-8H2,1-2H3,(H,15,17). The highest BCUT2D eigenvalue weighted by atomic mass is 16.5. The summed E-state index contributed by atoms with van der Waals surface area (Å²) in [6, 6.07) is 7.23. The van der Waals surface area contributed by atoms with Gasteiger partial charge in [-0.3, -0.25) is 4.79 Å². The average molecular weight is 249 g/mol. The van der Waals surface area contributed by atoms with E-state index in [2.05, 4.69) is 5.32 Å². The van der Waals surface area contributed by atoms with Gasteiger partial charge in [-0.05, 0) is 44.4 Å². The van der Waals surface area contributed by atoms with Gasteiger partial charge in [0.1, 0.15) is 5.60 Å². The number of rotatable bonds is 3. The number of benzene rings is 1. The Labute approximate surface area is 107 Å². The second kappa shape index (κ2) is 5.08. The van der Waals surface area contributed by atoms with E-state index >= 15 is 0 Å². The first-order valence-electron chi connectivity index (χ1n) is 6.25. The van der Waals surface area contributed by atoms with Crippen molar-refractivity contribution in [2.75, 3.05) is 11.9 Å². The van der Waals surface area contributed by atoms with Crippen LogP contribution in [-0.4, -0.2) is 23.2 Å². The molecule has 98 valence electrons. The predicted molar refractivity (Wildman–Crippen MR) is 69.3 cm³/mol. The number of ether oxygens (including phenoxy) is 1. The van der Waals surface area contributed by atoms with Crippen molar-refractivity contribution in [3.8, 4) is 0 Å². The van der Waals surface area contributed by atoms with Crippen molar-refractivity contribution < 1.29 is 14.6 Å². The number of hydrogen-bond acceptors (Lipinski definition) is 3. The van der Waals surface area contributed by atoms with Crippen LogP contribution in [0.5, 0.6) is 0 Å². The maximum atomic E-state index is 12.1. The van der Waals surface area contributed by atoms with E-state index in [-0.39, 0.29) is 5.91 Å². The predicted octanol–water partition coefficient (Wildman–Crippen LogP) is 2.25. The Morgan fingerprint density at radius 1 is 1.56 bits per heavy atom. The van der Waals surface area contributed by atoms with Crippen molar-refractivity contribution >= 4 is 11.6 Å². The van der Waals surface area contributed by atoms with Crippen molar-refractivity contribution in [3.05, 3.63) is 29.8 Å². The van der Waals surface area contributed by atoms with E-state index in [0.29, 0.717) is 12.3 Å². The fraction of sp³-hybridized carbons (Fsp3) is 0.500. The van der Waals surface area contributed by atoms with Gasteiger partial charge in [0.25, 0.3) is 5.91 Å². The van der Waals surface area contributed by atoms with Crippen LogP contribution in [0.1, 0.15) is 38.4 Å². The zero-order valence-corrected chi connectivity index (χ0v) is 10.8. The fourth-order valence-electron chi connectivity index (χ4n) is 2.10. The van der Waals surface area contributed by atoms with Gasteiger partial charge in [0.05, 0.1) is 6.10 Å². The van der Waals surface area contributed by atoms with Crippen LogP contribution in [0, 0.1) is 0 Å². The third-order valence-electron chi connectivity index (χ3n) is 3.33. The highest BCUT2D eigenvalue weighted by Gasteiger charge is 2.37. The van der Waals surface area contributed by atoms with E-state index in [1.165, 1.54) is 0 Å². The van der Waals surface area contributed by atoms with Gasteiger partial charge in [0, 0.05) is 12.3 Å². The molecule has 18 heavy (non-hydrogen) atoms. The number of hydrogen-bond donors (Lipinski definition) is 2. The molecular formula is C14H19NO3. The molecule has 4 nitrogen and oxygen atoms in total. The molecule has 1 amide bonds. The monoisotopic (exact) mass is 249 g/mol. The summed E-state index contributed by atoms with van der Waals surface area (Å²) in [5, 5.41) is 12.4. The van der Waals surface area contributed by atoms with Crippen LogP contribution in [0.2, 0.25) is 0 Å². The SMILES string of the molecule is CC(O)c1cccc(NC(=O)C2(C)CCCO2)c1. The highest BCUT2D eigenvalue weighted by Crippen LogP contribution is 2.27. The Balaban J connectivity index is 2.09. The van der Waals surface area contributed by atoms with Gasteiger partial charge in [0.2, 0.25) is 0 Å². The van der Waals surface area contributed by atoms with Crippen molar-refractivity contribution in [2.45, 2.75) is 38.4 Å². The number of nitrogens with one attached hydrogen (secondary N) is 1. The molecule has 2 unspecified atom stereocenters. The summed E-state index contributed by atoms with van der Waals surface area (Å²) in [7, 11) is 0. The van der Waals surface area contributed by atoms with Crippen molar-refractivity contribution in [3.63, 3.8) is 0 Å². The molecule has 2 N–H and O–H groups in total. The highest BCUT2D eigenvalue weighted by molar-refractivity contribution is 5.97. The normalized spacial score (nSPS) is 24.8. The molecule has 1 aliphatic rings. The molecule has 0 aliphatic carbocycles. The minimum absolute atomic E-state index is 0.122. The summed E-state index contributed by atoms with van der Waals surface area (Å²) in [4.78, 5) is 12.1. The number of aliphatic hydroxyl groups excluding tert-OH is 1. The van der Waals surface area contributed by atoms with E-state index in [4.69, 9.17) is 4.74 Å². The van der Waals surface area contributed by atoms with Gasteiger partial charge < -0.3 is 15.2 Å². The molecule has 1 fully saturated rings. The molecule has 1 aromatic carbocycles. The molecule has 1 heterocycles. The quantitative estimate of drug-likeness (QED) is 0.863. The van der Waals surface area contributed by atoms with Crippen molar-refractivity contribution in [2.24, 2.45) is 0 Å². The number of aliphatic hydroxyl groups is 1. The third kappa shape index (κ3) is 2.71. The molecule has 2 rings (SSSR count). The summed E-state index contributed by atoms with van der Waals surface area (Å²) >= 11 is 0. The Morgan fingerprint density at radius 3 is 2.94 bits per heavy atom. The van der Waals surface area contributed by atoms with E-state index in [1.807, 2.05) is 25.1 Å². The molecule has 2 atom stereocenters. The van der Waals surface area contributed by atoms with Crippen LogP contribution in [0.15, 0.2) is 24.3 Å². The lowest BCUT2D eigenvalue weighted by atomic mass is 10.0. The first kappa shape index (κ1) is 13.1. The zero-order valence-electron chi connectivity index (χ0n) is 10.8. The van der Waals surface area contributed by atoms with Gasteiger partial charge in [-0.1, -0.05) is 12.1 Å². The van der Waals surface area contributed by atoms with E-state index in [0.717, 1.165) is 18.4 Å². The third-order valence-corrected chi connectivity index (χ3v) is 3.33. The molecule has 0 saturated carbocycles. The fourth-order valence-corrected chi connectivity index (χ4v) is 2.10. The van der Waals surface area contributed by atoms with Crippen LogP contribution in [0.25, 0.3) is 0 Å². The first-order chi connectivity index (χ1) is 8.51. The summed E-state index contributed by atoms with van der Waals surface area (Å²) in [5.74, 6) is -0.122. The molecule has 0 spiro atoms. The van der Waals surface area contributed by atoms with Crippen LogP contribution < -0.4 is 5.32 Å². The van der Waals surface area contributed by atoms with Gasteiger partial charge in [-0.15, -0.1) is 0 Å². The molecule has 4 heteroatoms. The van der Waals surface area contributed by atoms with Gasteiger partial charge in [0.15, 0.2) is 0 Å². The number of anilines is 1. The molecule has 0 radical (unpaired) electrons. The maximum absolute atomic E-state index is 12.1. The van der Waals surface area contributed by atoms with Crippen molar-refractivity contribution in [1.82, 2.24) is 0 Å². The van der Waals surface area contributed by atoms with E-state index in [9.17, 15) is 9.90 Å². The second-order valence-corrected chi connectivity index (χ2v) is 4.94. The summed E-state index contributed by atoms with van der Waals surface area (Å²) in [5.41, 5.74) is 0.751. The number of carbonyl (C=O) groups is 1. The second-order valence-electron chi connectivity index (χ2n) is 4.94. The molecule has 1 saturated heterocycles. The average Bonchev–Trinajstić information content (AvgIpc) is 2.78. The minimum atomic E-state index is -0.721. The number of amides is 1. The topological polar surface area (TPSA) is 58.6 Å². The first-order valence-corrected chi connectivity index (χ1v) is 6.25. The summed E-state index contributed by atoms with van der Waals surface area (Å²) in [6.07, 6.45) is 1.12. The Morgan fingerprint density at radius 2 is 2.33 bits per heavy atom. The lowest BCUT2D eigenvalue weighted by Crippen LogP contribution is -2.39. The van der Waals surface area contributed by atoms with Gasteiger partial charge in [-0.25, -0.2) is 0 Å². The van der Waals surface area contributed by atoms with Crippen LogP contribution in [0.3, 0.4) is 0 Å². The largest absolute Gasteiger partial charge is 0.389 e. The van der Waals surface area contributed by atoms with Gasteiger partial charge >= 0.3 is 0 Å². The maximum Gasteiger partial charge on any atom is 0.256 e. The summed E-state index contributed by atoms with van der Waals surface area (Å²) in [6.45, 7) is 4.15. The molecule has 0 aromatic heterocycles. The van der Waals surface area contributed by atoms with Crippen LogP contribution >= 0.6 is 0 Å². The van der Waals surface area contributed by atoms with E-state index in [1.54, 1.807) is 13.0 Å². The molecule has 1 aliphatic heterocycles. The van der Waals surface area contributed by atoms with Crippen molar-refractivity contribution in [1.29, 1.82) is 0 Å². The summed E-state index contributed by atoms with van der Waals surface area (Å²) < 4.78 is 5.49. The molecule has 1 aromatic rings. The van der Waals surface area contributed by atoms with Gasteiger partial charge in [-0.2, -0.15) is 0 Å². The Kier molecular flexibility index (Phi) is 3.68. The van der Waals surface area contributed by atoms with Crippen LogP contribution in [0.4, 0.5) is 5.69 Å². The molecule has 0 bridgehead atoms.